The molecule has 0 saturated heterocycles. The lowest BCUT2D eigenvalue weighted by Crippen LogP contribution is -2.12. The maximum absolute atomic E-state index is 9.85. The highest BCUT2D eigenvalue weighted by Gasteiger charge is 2.15. The standard InChI is InChI=1S/C13H18N2O/c1-8(2)6-10(14)9-7-15-11-4-3-5-12(16)13(9)11/h3-5,7-8,10,15-16H,6,14H2,1-2H3/t10-/m0/s1. The summed E-state index contributed by atoms with van der Waals surface area (Å²) in [6, 6.07) is 5.44. The number of phenolic OH excluding ortho intramolecular Hbond substituents is 1. The van der Waals surface area contributed by atoms with Gasteiger partial charge in [-0.05, 0) is 30.0 Å². The number of aromatic amines is 1. The molecule has 4 N–H and O–H groups in total. The third-order valence-corrected chi connectivity index (χ3v) is 2.84. The first-order chi connectivity index (χ1) is 7.59. The van der Waals surface area contributed by atoms with Crippen molar-refractivity contribution in [3.63, 3.8) is 0 Å². The van der Waals surface area contributed by atoms with Crippen LogP contribution in [0.1, 0.15) is 31.9 Å². The molecule has 0 aliphatic rings. The van der Waals surface area contributed by atoms with Crippen LogP contribution in [0.3, 0.4) is 0 Å². The number of aromatic nitrogens is 1. The molecule has 3 heteroatoms. The van der Waals surface area contributed by atoms with Gasteiger partial charge in [-0.15, -0.1) is 0 Å². The Balaban J connectivity index is 2.45. The molecule has 2 aromatic rings. The highest BCUT2D eigenvalue weighted by atomic mass is 16.3. The molecule has 0 fully saturated rings. The minimum atomic E-state index is -0.0259. The maximum Gasteiger partial charge on any atom is 0.125 e. The molecule has 0 spiro atoms. The zero-order chi connectivity index (χ0) is 11.7. The molecule has 1 atom stereocenters. The number of hydrogen-bond acceptors (Lipinski definition) is 2. The number of rotatable bonds is 3. The number of nitrogens with two attached hydrogens (primary N) is 1. The van der Waals surface area contributed by atoms with E-state index in [2.05, 4.69) is 18.8 Å². The van der Waals surface area contributed by atoms with E-state index in [-0.39, 0.29) is 6.04 Å². The summed E-state index contributed by atoms with van der Waals surface area (Å²) in [5.41, 5.74) is 8.08. The van der Waals surface area contributed by atoms with Crippen molar-refractivity contribution < 1.29 is 5.11 Å². The Morgan fingerprint density at radius 1 is 1.38 bits per heavy atom. The minimum absolute atomic E-state index is 0.0259. The third-order valence-electron chi connectivity index (χ3n) is 2.84. The fourth-order valence-corrected chi connectivity index (χ4v) is 2.12. The Bertz CT molecular complexity index is 488. The first-order valence-corrected chi connectivity index (χ1v) is 5.64. The number of phenols is 1. The summed E-state index contributed by atoms with van der Waals surface area (Å²) in [6.45, 7) is 4.29. The lowest BCUT2D eigenvalue weighted by Gasteiger charge is -2.13. The van der Waals surface area contributed by atoms with Gasteiger partial charge >= 0.3 is 0 Å². The molecule has 0 amide bonds. The van der Waals surface area contributed by atoms with Crippen molar-refractivity contribution in [1.82, 2.24) is 4.98 Å². The summed E-state index contributed by atoms with van der Waals surface area (Å²) in [7, 11) is 0. The van der Waals surface area contributed by atoms with Crippen molar-refractivity contribution in [1.29, 1.82) is 0 Å². The van der Waals surface area contributed by atoms with Crippen molar-refractivity contribution in [2.75, 3.05) is 0 Å². The predicted octanol–water partition coefficient (Wildman–Crippen LogP) is 2.92. The van der Waals surface area contributed by atoms with Crippen molar-refractivity contribution in [3.8, 4) is 5.75 Å². The van der Waals surface area contributed by atoms with E-state index in [4.69, 9.17) is 5.73 Å². The molecule has 1 aromatic carbocycles. The average molecular weight is 218 g/mol. The van der Waals surface area contributed by atoms with Gasteiger partial charge in [0.05, 0.1) is 0 Å². The number of fused-ring (bicyclic) bond motifs is 1. The van der Waals surface area contributed by atoms with Gasteiger partial charge in [-0.2, -0.15) is 0 Å². The van der Waals surface area contributed by atoms with Gasteiger partial charge < -0.3 is 15.8 Å². The first kappa shape index (κ1) is 11.0. The van der Waals surface area contributed by atoms with E-state index in [0.717, 1.165) is 22.9 Å². The Kier molecular flexibility index (Phi) is 2.88. The monoisotopic (exact) mass is 218 g/mol. The lowest BCUT2D eigenvalue weighted by molar-refractivity contribution is 0.478. The SMILES string of the molecule is CC(C)C[C@H](N)c1c[nH]c2cccc(O)c12. The summed E-state index contributed by atoms with van der Waals surface area (Å²) in [5.74, 6) is 0.846. The number of hydrogen-bond donors (Lipinski definition) is 3. The highest BCUT2D eigenvalue weighted by molar-refractivity contribution is 5.89. The van der Waals surface area contributed by atoms with Crippen molar-refractivity contribution >= 4 is 10.9 Å². The fraction of sp³-hybridized carbons (Fsp3) is 0.385. The first-order valence-electron chi connectivity index (χ1n) is 5.64. The second-order valence-corrected chi connectivity index (χ2v) is 4.68. The Morgan fingerprint density at radius 2 is 2.12 bits per heavy atom. The summed E-state index contributed by atoms with van der Waals surface area (Å²) in [4.78, 5) is 3.14. The van der Waals surface area contributed by atoms with Crippen LogP contribution in [0.5, 0.6) is 5.75 Å². The predicted molar refractivity (Wildman–Crippen MR) is 66.3 cm³/mol. The quantitative estimate of drug-likeness (QED) is 0.741. The fourth-order valence-electron chi connectivity index (χ4n) is 2.12. The number of H-pyrrole nitrogens is 1. The molecule has 0 bridgehead atoms. The molecular formula is C13H18N2O. The molecule has 0 aliphatic heterocycles. The van der Waals surface area contributed by atoms with Gasteiger partial charge in [-0.1, -0.05) is 19.9 Å². The Morgan fingerprint density at radius 3 is 2.81 bits per heavy atom. The van der Waals surface area contributed by atoms with Gasteiger partial charge in [-0.3, -0.25) is 0 Å². The summed E-state index contributed by atoms with van der Waals surface area (Å²) >= 11 is 0. The van der Waals surface area contributed by atoms with Crippen LogP contribution in [-0.2, 0) is 0 Å². The van der Waals surface area contributed by atoms with Gasteiger partial charge in [-0.25, -0.2) is 0 Å². The molecule has 86 valence electrons. The van der Waals surface area contributed by atoms with E-state index in [0.29, 0.717) is 11.7 Å². The van der Waals surface area contributed by atoms with Crippen LogP contribution in [0, 0.1) is 5.92 Å². The van der Waals surface area contributed by atoms with E-state index in [9.17, 15) is 5.11 Å². The minimum Gasteiger partial charge on any atom is -0.507 e. The van der Waals surface area contributed by atoms with Crippen LogP contribution in [0.4, 0.5) is 0 Å². The van der Waals surface area contributed by atoms with Crippen molar-refractivity contribution in [3.05, 3.63) is 30.0 Å². The number of aromatic hydroxyl groups is 1. The third kappa shape index (κ3) is 1.91. The molecule has 0 unspecified atom stereocenters. The second-order valence-electron chi connectivity index (χ2n) is 4.68. The average Bonchev–Trinajstić information content (AvgIpc) is 2.61. The van der Waals surface area contributed by atoms with Crippen molar-refractivity contribution in [2.45, 2.75) is 26.3 Å². The van der Waals surface area contributed by atoms with E-state index >= 15 is 0 Å². The Labute approximate surface area is 95.3 Å². The summed E-state index contributed by atoms with van der Waals surface area (Å²) in [6.07, 6.45) is 2.82. The van der Waals surface area contributed by atoms with Crippen LogP contribution in [-0.4, -0.2) is 10.1 Å². The maximum atomic E-state index is 9.85. The highest BCUT2D eigenvalue weighted by Crippen LogP contribution is 2.32. The van der Waals surface area contributed by atoms with Gasteiger partial charge in [0, 0.05) is 23.1 Å². The Hall–Kier alpha value is -1.48. The second kappa shape index (κ2) is 4.18. The van der Waals surface area contributed by atoms with Crippen LogP contribution in [0.15, 0.2) is 24.4 Å². The van der Waals surface area contributed by atoms with Crippen LogP contribution in [0.25, 0.3) is 10.9 Å². The summed E-state index contributed by atoms with van der Waals surface area (Å²) in [5, 5.41) is 10.7. The molecule has 0 saturated carbocycles. The largest absolute Gasteiger partial charge is 0.507 e. The van der Waals surface area contributed by atoms with E-state index in [1.54, 1.807) is 6.07 Å². The van der Waals surface area contributed by atoms with Gasteiger partial charge in [0.1, 0.15) is 5.75 Å². The molecule has 2 rings (SSSR count). The van der Waals surface area contributed by atoms with Gasteiger partial charge in [0.2, 0.25) is 0 Å². The molecule has 16 heavy (non-hydrogen) atoms. The van der Waals surface area contributed by atoms with E-state index in [1.807, 2.05) is 18.3 Å². The smallest absolute Gasteiger partial charge is 0.125 e. The number of nitrogens with one attached hydrogen (secondary N) is 1. The van der Waals surface area contributed by atoms with Gasteiger partial charge in [0.25, 0.3) is 0 Å². The molecule has 1 aromatic heterocycles. The molecule has 1 heterocycles. The van der Waals surface area contributed by atoms with Gasteiger partial charge in [0.15, 0.2) is 0 Å². The molecular weight excluding hydrogens is 200 g/mol. The normalized spacial score (nSPS) is 13.5. The van der Waals surface area contributed by atoms with Crippen molar-refractivity contribution in [2.24, 2.45) is 11.7 Å². The zero-order valence-electron chi connectivity index (χ0n) is 9.70. The van der Waals surface area contributed by atoms with E-state index in [1.165, 1.54) is 0 Å². The lowest BCUT2D eigenvalue weighted by atomic mass is 9.97. The topological polar surface area (TPSA) is 62.0 Å². The van der Waals surface area contributed by atoms with Crippen LogP contribution in [0.2, 0.25) is 0 Å². The molecule has 3 nitrogen and oxygen atoms in total. The van der Waals surface area contributed by atoms with Crippen LogP contribution < -0.4 is 5.73 Å². The van der Waals surface area contributed by atoms with Crippen LogP contribution >= 0.6 is 0 Å². The molecule has 0 radical (unpaired) electrons. The number of benzene rings is 1. The van der Waals surface area contributed by atoms with E-state index < -0.39 is 0 Å². The zero-order valence-corrected chi connectivity index (χ0v) is 9.70. The molecule has 0 aliphatic carbocycles. The summed E-state index contributed by atoms with van der Waals surface area (Å²) < 4.78 is 0.